The first-order valence-electron chi connectivity index (χ1n) is 5.32. The molecule has 4 heteroatoms. The lowest BCUT2D eigenvalue weighted by molar-refractivity contribution is 0.0162. The summed E-state index contributed by atoms with van der Waals surface area (Å²) in [7, 11) is 2.00. The fourth-order valence-corrected chi connectivity index (χ4v) is 2.32. The standard InChI is InChI=1S/C10H20F2N2/c1-14-6-2-3-8(7-14)9(4-5-13)10(11)12/h8-10H,2-7,13H2,1H3. The van der Waals surface area contributed by atoms with E-state index in [2.05, 4.69) is 4.90 Å². The van der Waals surface area contributed by atoms with Gasteiger partial charge in [0.05, 0.1) is 0 Å². The molecule has 14 heavy (non-hydrogen) atoms. The molecule has 0 aromatic carbocycles. The number of rotatable bonds is 4. The van der Waals surface area contributed by atoms with Crippen molar-refractivity contribution in [3.05, 3.63) is 0 Å². The Balaban J connectivity index is 2.48. The molecule has 1 fully saturated rings. The topological polar surface area (TPSA) is 29.3 Å². The monoisotopic (exact) mass is 206 g/mol. The number of hydrogen-bond donors (Lipinski definition) is 1. The molecule has 2 atom stereocenters. The van der Waals surface area contributed by atoms with E-state index in [9.17, 15) is 8.78 Å². The zero-order valence-corrected chi connectivity index (χ0v) is 8.76. The molecule has 0 radical (unpaired) electrons. The Labute approximate surface area is 84.4 Å². The van der Waals surface area contributed by atoms with Crippen molar-refractivity contribution in [2.75, 3.05) is 26.7 Å². The highest BCUT2D eigenvalue weighted by atomic mass is 19.3. The number of alkyl halides is 2. The van der Waals surface area contributed by atoms with E-state index in [1.165, 1.54) is 0 Å². The number of piperidine rings is 1. The van der Waals surface area contributed by atoms with Gasteiger partial charge >= 0.3 is 0 Å². The summed E-state index contributed by atoms with van der Waals surface area (Å²) in [4.78, 5) is 2.14. The van der Waals surface area contributed by atoms with Crippen LogP contribution in [-0.2, 0) is 0 Å². The number of likely N-dealkylation sites (tertiary alicyclic amines) is 1. The van der Waals surface area contributed by atoms with Crippen molar-refractivity contribution in [3.8, 4) is 0 Å². The highest BCUT2D eigenvalue weighted by molar-refractivity contribution is 4.79. The number of halogens is 2. The molecule has 1 rings (SSSR count). The molecule has 2 nitrogen and oxygen atoms in total. The second-order valence-corrected chi connectivity index (χ2v) is 4.24. The largest absolute Gasteiger partial charge is 0.330 e. The molecule has 0 aromatic heterocycles. The summed E-state index contributed by atoms with van der Waals surface area (Å²) in [5, 5.41) is 0. The minimum Gasteiger partial charge on any atom is -0.330 e. The summed E-state index contributed by atoms with van der Waals surface area (Å²) >= 11 is 0. The lowest BCUT2D eigenvalue weighted by atomic mass is 9.84. The van der Waals surface area contributed by atoms with Crippen LogP contribution >= 0.6 is 0 Å². The summed E-state index contributed by atoms with van der Waals surface area (Å²) in [6.07, 6.45) is 0.208. The van der Waals surface area contributed by atoms with E-state index >= 15 is 0 Å². The molecular weight excluding hydrogens is 186 g/mol. The van der Waals surface area contributed by atoms with Crippen LogP contribution in [0.4, 0.5) is 8.78 Å². The number of nitrogens with zero attached hydrogens (tertiary/aromatic N) is 1. The molecule has 1 aliphatic rings. The van der Waals surface area contributed by atoms with E-state index in [-0.39, 0.29) is 5.92 Å². The van der Waals surface area contributed by atoms with Crippen molar-refractivity contribution in [2.45, 2.75) is 25.7 Å². The van der Waals surface area contributed by atoms with Crippen LogP contribution in [0.2, 0.25) is 0 Å². The minimum absolute atomic E-state index is 0.136. The van der Waals surface area contributed by atoms with Gasteiger partial charge in [0, 0.05) is 12.5 Å². The Morgan fingerprint density at radius 2 is 2.21 bits per heavy atom. The Morgan fingerprint density at radius 3 is 2.71 bits per heavy atom. The molecule has 1 aliphatic heterocycles. The van der Waals surface area contributed by atoms with Crippen LogP contribution in [0, 0.1) is 11.8 Å². The maximum Gasteiger partial charge on any atom is 0.241 e. The van der Waals surface area contributed by atoms with E-state index in [1.54, 1.807) is 0 Å². The van der Waals surface area contributed by atoms with E-state index in [0.717, 1.165) is 25.9 Å². The van der Waals surface area contributed by atoms with E-state index in [0.29, 0.717) is 13.0 Å². The van der Waals surface area contributed by atoms with Crippen LogP contribution in [-0.4, -0.2) is 38.0 Å². The maximum absolute atomic E-state index is 12.7. The van der Waals surface area contributed by atoms with Crippen LogP contribution in [0.1, 0.15) is 19.3 Å². The van der Waals surface area contributed by atoms with Crippen LogP contribution < -0.4 is 5.73 Å². The van der Waals surface area contributed by atoms with Crippen molar-refractivity contribution >= 4 is 0 Å². The summed E-state index contributed by atoms with van der Waals surface area (Å²) in [6, 6.07) is 0. The molecule has 0 aliphatic carbocycles. The fraction of sp³-hybridized carbons (Fsp3) is 1.00. The van der Waals surface area contributed by atoms with Crippen molar-refractivity contribution in [1.29, 1.82) is 0 Å². The average Bonchev–Trinajstić information content (AvgIpc) is 2.13. The van der Waals surface area contributed by atoms with Gasteiger partial charge in [0.1, 0.15) is 0 Å². The van der Waals surface area contributed by atoms with Gasteiger partial charge < -0.3 is 10.6 Å². The van der Waals surface area contributed by atoms with Crippen LogP contribution in [0.3, 0.4) is 0 Å². The van der Waals surface area contributed by atoms with Crippen LogP contribution in [0.15, 0.2) is 0 Å². The molecule has 0 amide bonds. The predicted octanol–water partition coefficient (Wildman–Crippen LogP) is 1.56. The third-order valence-electron chi connectivity index (χ3n) is 3.09. The van der Waals surface area contributed by atoms with Gasteiger partial charge in [0.2, 0.25) is 6.43 Å². The van der Waals surface area contributed by atoms with Crippen molar-refractivity contribution < 1.29 is 8.78 Å². The lowest BCUT2D eigenvalue weighted by Gasteiger charge is -2.34. The number of nitrogens with two attached hydrogens (primary N) is 1. The zero-order chi connectivity index (χ0) is 10.6. The Kier molecular flexibility index (Phi) is 4.75. The number of hydrogen-bond acceptors (Lipinski definition) is 2. The molecule has 1 saturated heterocycles. The second-order valence-electron chi connectivity index (χ2n) is 4.24. The van der Waals surface area contributed by atoms with Gasteiger partial charge in [-0.3, -0.25) is 0 Å². The van der Waals surface area contributed by atoms with Gasteiger partial charge in [-0.25, -0.2) is 8.78 Å². The molecule has 2 unspecified atom stereocenters. The second kappa shape index (κ2) is 5.61. The van der Waals surface area contributed by atoms with Crippen LogP contribution in [0.25, 0.3) is 0 Å². The Hall–Kier alpha value is -0.220. The highest BCUT2D eigenvalue weighted by Crippen LogP contribution is 2.29. The first-order valence-corrected chi connectivity index (χ1v) is 5.32. The van der Waals surface area contributed by atoms with Crippen molar-refractivity contribution in [2.24, 2.45) is 17.6 Å². The van der Waals surface area contributed by atoms with E-state index in [4.69, 9.17) is 5.73 Å². The zero-order valence-electron chi connectivity index (χ0n) is 8.76. The normalized spacial score (nSPS) is 26.8. The Bertz CT molecular complexity index is 164. The van der Waals surface area contributed by atoms with Gasteiger partial charge in [-0.2, -0.15) is 0 Å². The van der Waals surface area contributed by atoms with Crippen LogP contribution in [0.5, 0.6) is 0 Å². The predicted molar refractivity (Wildman–Crippen MR) is 53.4 cm³/mol. The van der Waals surface area contributed by atoms with E-state index < -0.39 is 12.3 Å². The fourth-order valence-electron chi connectivity index (χ4n) is 2.32. The van der Waals surface area contributed by atoms with Gasteiger partial charge in [0.25, 0.3) is 0 Å². The highest BCUT2D eigenvalue weighted by Gasteiger charge is 2.31. The van der Waals surface area contributed by atoms with Crippen molar-refractivity contribution in [1.82, 2.24) is 4.90 Å². The molecule has 0 saturated carbocycles. The maximum atomic E-state index is 12.7. The minimum atomic E-state index is -2.21. The Morgan fingerprint density at radius 1 is 1.50 bits per heavy atom. The summed E-state index contributed by atoms with van der Waals surface area (Å²) in [6.45, 7) is 2.21. The molecule has 0 bridgehead atoms. The molecular formula is C10H20F2N2. The quantitative estimate of drug-likeness (QED) is 0.756. The lowest BCUT2D eigenvalue weighted by Crippen LogP contribution is -2.38. The van der Waals surface area contributed by atoms with Gasteiger partial charge in [-0.1, -0.05) is 0 Å². The molecule has 1 heterocycles. The molecule has 2 N–H and O–H groups in total. The summed E-state index contributed by atoms with van der Waals surface area (Å²) in [5.41, 5.74) is 5.36. The SMILES string of the molecule is CN1CCCC(C(CCN)C(F)F)C1. The van der Waals surface area contributed by atoms with Gasteiger partial charge in [-0.15, -0.1) is 0 Å². The molecule has 84 valence electrons. The summed E-state index contributed by atoms with van der Waals surface area (Å²) < 4.78 is 25.4. The molecule has 0 aromatic rings. The first kappa shape index (κ1) is 11.9. The first-order chi connectivity index (χ1) is 6.65. The van der Waals surface area contributed by atoms with Crippen molar-refractivity contribution in [3.63, 3.8) is 0 Å². The average molecular weight is 206 g/mol. The van der Waals surface area contributed by atoms with Gasteiger partial charge in [-0.05, 0) is 45.3 Å². The third-order valence-corrected chi connectivity index (χ3v) is 3.09. The molecule has 0 spiro atoms. The smallest absolute Gasteiger partial charge is 0.241 e. The third kappa shape index (κ3) is 3.17. The van der Waals surface area contributed by atoms with E-state index in [1.807, 2.05) is 7.05 Å². The summed E-state index contributed by atoms with van der Waals surface area (Å²) in [5.74, 6) is -0.361. The van der Waals surface area contributed by atoms with Gasteiger partial charge in [0.15, 0.2) is 0 Å².